The summed E-state index contributed by atoms with van der Waals surface area (Å²) < 4.78 is 0. The molecule has 2 N–H and O–H groups in total. The van der Waals surface area contributed by atoms with Gasteiger partial charge in [0.05, 0.1) is 6.10 Å². The summed E-state index contributed by atoms with van der Waals surface area (Å²) in [5.74, 6) is 0. The SMILES string of the molecule is CCCCCCCCCCN[C@H](C)[C@@H](O)c1ccccc1. The highest BCUT2D eigenvalue weighted by Crippen LogP contribution is 2.16. The molecule has 0 aliphatic heterocycles. The predicted octanol–water partition coefficient (Wildman–Crippen LogP) is 4.84. The van der Waals surface area contributed by atoms with E-state index in [4.69, 9.17) is 0 Å². The zero-order valence-electron chi connectivity index (χ0n) is 13.9. The van der Waals surface area contributed by atoms with Gasteiger partial charge in [0.25, 0.3) is 0 Å². The molecule has 0 unspecified atom stereocenters. The van der Waals surface area contributed by atoms with Crippen LogP contribution in [0.25, 0.3) is 0 Å². The maximum Gasteiger partial charge on any atom is 0.0940 e. The molecule has 0 bridgehead atoms. The van der Waals surface area contributed by atoms with Crippen LogP contribution in [0.2, 0.25) is 0 Å². The lowest BCUT2D eigenvalue weighted by atomic mass is 10.0. The molecule has 2 atom stereocenters. The second-order valence-electron chi connectivity index (χ2n) is 6.07. The third-order valence-corrected chi connectivity index (χ3v) is 4.11. The molecular formula is C19H33NO. The standard InChI is InChI=1S/C19H33NO/c1-3-4-5-6-7-8-9-13-16-20-17(2)19(21)18-14-11-10-12-15-18/h10-12,14-15,17,19-21H,3-9,13,16H2,1-2H3/t17-,19-/m1/s1. The van der Waals surface area contributed by atoms with Crippen molar-refractivity contribution in [1.29, 1.82) is 0 Å². The molecule has 120 valence electrons. The van der Waals surface area contributed by atoms with E-state index in [9.17, 15) is 5.11 Å². The van der Waals surface area contributed by atoms with Gasteiger partial charge in [0.15, 0.2) is 0 Å². The fourth-order valence-electron chi connectivity index (χ4n) is 2.64. The topological polar surface area (TPSA) is 32.3 Å². The van der Waals surface area contributed by atoms with Crippen molar-refractivity contribution in [1.82, 2.24) is 5.32 Å². The molecule has 1 rings (SSSR count). The monoisotopic (exact) mass is 291 g/mol. The van der Waals surface area contributed by atoms with Crippen LogP contribution in [0.3, 0.4) is 0 Å². The van der Waals surface area contributed by atoms with E-state index < -0.39 is 6.10 Å². The Kier molecular flexibility index (Phi) is 10.2. The third kappa shape index (κ3) is 8.23. The molecule has 0 saturated heterocycles. The Balaban J connectivity index is 2.02. The second kappa shape index (κ2) is 11.8. The van der Waals surface area contributed by atoms with E-state index in [2.05, 4.69) is 19.2 Å². The molecule has 2 heteroatoms. The van der Waals surface area contributed by atoms with Crippen LogP contribution >= 0.6 is 0 Å². The zero-order chi connectivity index (χ0) is 15.3. The highest BCUT2D eigenvalue weighted by atomic mass is 16.3. The summed E-state index contributed by atoms with van der Waals surface area (Å²) in [5, 5.41) is 13.7. The largest absolute Gasteiger partial charge is 0.387 e. The number of benzene rings is 1. The van der Waals surface area contributed by atoms with Crippen LogP contribution in [0, 0.1) is 0 Å². The lowest BCUT2D eigenvalue weighted by Crippen LogP contribution is -2.32. The molecule has 21 heavy (non-hydrogen) atoms. The van der Waals surface area contributed by atoms with Crippen LogP contribution in [-0.2, 0) is 0 Å². The normalized spacial score (nSPS) is 14.0. The molecule has 0 heterocycles. The van der Waals surface area contributed by atoms with Crippen LogP contribution in [-0.4, -0.2) is 17.7 Å². The second-order valence-corrected chi connectivity index (χ2v) is 6.07. The molecule has 2 nitrogen and oxygen atoms in total. The van der Waals surface area contributed by atoms with E-state index in [0.717, 1.165) is 12.1 Å². The first-order valence-corrected chi connectivity index (χ1v) is 8.72. The van der Waals surface area contributed by atoms with Gasteiger partial charge in [0.1, 0.15) is 0 Å². The molecule has 0 amide bonds. The Morgan fingerprint density at radius 1 is 0.905 bits per heavy atom. The van der Waals surface area contributed by atoms with Gasteiger partial charge in [-0.25, -0.2) is 0 Å². The third-order valence-electron chi connectivity index (χ3n) is 4.11. The van der Waals surface area contributed by atoms with Crippen molar-refractivity contribution in [2.75, 3.05) is 6.54 Å². The molecule has 0 aliphatic rings. The van der Waals surface area contributed by atoms with Crippen molar-refractivity contribution in [3.05, 3.63) is 35.9 Å². The van der Waals surface area contributed by atoms with Crippen LogP contribution < -0.4 is 5.32 Å². The fraction of sp³-hybridized carbons (Fsp3) is 0.684. The van der Waals surface area contributed by atoms with E-state index >= 15 is 0 Å². The van der Waals surface area contributed by atoms with E-state index in [-0.39, 0.29) is 6.04 Å². The van der Waals surface area contributed by atoms with Gasteiger partial charge in [-0.15, -0.1) is 0 Å². The minimum absolute atomic E-state index is 0.108. The fourth-order valence-corrected chi connectivity index (χ4v) is 2.64. The minimum Gasteiger partial charge on any atom is -0.387 e. The zero-order valence-corrected chi connectivity index (χ0v) is 13.9. The molecule has 0 spiro atoms. The maximum atomic E-state index is 10.2. The van der Waals surface area contributed by atoms with Crippen LogP contribution in [0.5, 0.6) is 0 Å². The highest BCUT2D eigenvalue weighted by molar-refractivity contribution is 5.18. The van der Waals surface area contributed by atoms with E-state index in [0.29, 0.717) is 0 Å². The molecule has 1 aromatic carbocycles. The van der Waals surface area contributed by atoms with Crippen molar-refractivity contribution in [2.45, 2.75) is 77.4 Å². The number of aliphatic hydroxyl groups is 1. The van der Waals surface area contributed by atoms with Gasteiger partial charge in [-0.2, -0.15) is 0 Å². The lowest BCUT2D eigenvalue weighted by molar-refractivity contribution is 0.136. The summed E-state index contributed by atoms with van der Waals surface area (Å²) in [7, 11) is 0. The number of hydrogen-bond acceptors (Lipinski definition) is 2. The Morgan fingerprint density at radius 2 is 1.48 bits per heavy atom. The van der Waals surface area contributed by atoms with E-state index in [1.165, 1.54) is 51.4 Å². The van der Waals surface area contributed by atoms with Crippen molar-refractivity contribution < 1.29 is 5.11 Å². The smallest absolute Gasteiger partial charge is 0.0940 e. The number of rotatable bonds is 12. The number of hydrogen-bond donors (Lipinski definition) is 2. The van der Waals surface area contributed by atoms with Gasteiger partial charge in [-0.05, 0) is 25.5 Å². The van der Waals surface area contributed by atoms with Crippen molar-refractivity contribution >= 4 is 0 Å². The quantitative estimate of drug-likeness (QED) is 0.540. The van der Waals surface area contributed by atoms with Crippen molar-refractivity contribution in [2.24, 2.45) is 0 Å². The first-order chi connectivity index (χ1) is 10.3. The Labute approximate surface area is 131 Å². The number of nitrogens with one attached hydrogen (secondary N) is 1. The molecule has 0 fully saturated rings. The van der Waals surface area contributed by atoms with Crippen molar-refractivity contribution in [3.63, 3.8) is 0 Å². The Morgan fingerprint density at radius 3 is 2.10 bits per heavy atom. The van der Waals surface area contributed by atoms with Gasteiger partial charge in [-0.3, -0.25) is 0 Å². The summed E-state index contributed by atoms with van der Waals surface area (Å²) >= 11 is 0. The maximum absolute atomic E-state index is 10.2. The summed E-state index contributed by atoms with van der Waals surface area (Å²) in [5.41, 5.74) is 0.994. The first kappa shape index (κ1) is 18.2. The Bertz CT molecular complexity index is 339. The molecular weight excluding hydrogens is 258 g/mol. The summed E-state index contributed by atoms with van der Waals surface area (Å²) in [4.78, 5) is 0. The van der Waals surface area contributed by atoms with Gasteiger partial charge < -0.3 is 10.4 Å². The number of aliphatic hydroxyl groups excluding tert-OH is 1. The van der Waals surface area contributed by atoms with Crippen LogP contribution in [0.4, 0.5) is 0 Å². The van der Waals surface area contributed by atoms with Gasteiger partial charge in [0.2, 0.25) is 0 Å². The minimum atomic E-state index is -0.416. The van der Waals surface area contributed by atoms with Crippen LogP contribution in [0.1, 0.15) is 76.9 Å². The lowest BCUT2D eigenvalue weighted by Gasteiger charge is -2.20. The number of unbranched alkanes of at least 4 members (excludes halogenated alkanes) is 7. The first-order valence-electron chi connectivity index (χ1n) is 8.72. The van der Waals surface area contributed by atoms with E-state index in [1.54, 1.807) is 0 Å². The molecule has 0 radical (unpaired) electrons. The van der Waals surface area contributed by atoms with Crippen LogP contribution in [0.15, 0.2) is 30.3 Å². The van der Waals surface area contributed by atoms with Gasteiger partial charge in [0, 0.05) is 6.04 Å². The average Bonchev–Trinajstić information content (AvgIpc) is 2.53. The summed E-state index contributed by atoms with van der Waals surface area (Å²) in [6.07, 6.45) is 10.3. The Hall–Kier alpha value is -0.860. The van der Waals surface area contributed by atoms with E-state index in [1.807, 2.05) is 30.3 Å². The summed E-state index contributed by atoms with van der Waals surface area (Å²) in [6.45, 7) is 5.32. The van der Waals surface area contributed by atoms with Gasteiger partial charge in [-0.1, -0.05) is 82.2 Å². The average molecular weight is 291 g/mol. The van der Waals surface area contributed by atoms with Crippen molar-refractivity contribution in [3.8, 4) is 0 Å². The molecule has 0 saturated carbocycles. The highest BCUT2D eigenvalue weighted by Gasteiger charge is 2.14. The molecule has 0 aromatic heterocycles. The predicted molar refractivity (Wildman–Crippen MR) is 91.5 cm³/mol. The van der Waals surface area contributed by atoms with Gasteiger partial charge >= 0.3 is 0 Å². The summed E-state index contributed by atoms with van der Waals surface area (Å²) in [6, 6.07) is 10.0. The molecule has 1 aromatic rings. The molecule has 0 aliphatic carbocycles.